The number of aromatic amines is 1. The van der Waals surface area contributed by atoms with E-state index in [0.29, 0.717) is 31.3 Å². The highest BCUT2D eigenvalue weighted by atomic mass is 35.5. The number of thiazole rings is 1. The quantitative estimate of drug-likeness (QED) is 0.667. The van der Waals surface area contributed by atoms with E-state index in [0.717, 1.165) is 5.56 Å². The number of carbonyl (C=O) groups excluding carboxylic acids is 1. The maximum atomic E-state index is 12.3. The molecule has 0 unspecified atom stereocenters. The van der Waals surface area contributed by atoms with E-state index in [9.17, 15) is 9.59 Å². The molecule has 1 N–H and O–H groups in total. The maximum absolute atomic E-state index is 12.3. The minimum atomic E-state index is -0.271. The molecule has 0 spiro atoms. The van der Waals surface area contributed by atoms with Crippen LogP contribution in [0.2, 0.25) is 5.02 Å². The van der Waals surface area contributed by atoms with E-state index in [4.69, 9.17) is 21.1 Å². The van der Waals surface area contributed by atoms with Crippen LogP contribution in [-0.4, -0.2) is 25.0 Å². The van der Waals surface area contributed by atoms with Crippen molar-refractivity contribution in [2.45, 2.75) is 0 Å². The van der Waals surface area contributed by atoms with E-state index >= 15 is 0 Å². The smallest absolute Gasteiger partial charge is 0.266 e. The first kappa shape index (κ1) is 18.9. The zero-order valence-electron chi connectivity index (χ0n) is 14.6. The van der Waals surface area contributed by atoms with Crippen LogP contribution < -0.4 is 24.2 Å². The van der Waals surface area contributed by atoms with Gasteiger partial charge in [0.1, 0.15) is 11.5 Å². The zero-order valence-corrected chi connectivity index (χ0v) is 16.2. The molecule has 3 rings (SSSR count). The van der Waals surface area contributed by atoms with Crippen molar-refractivity contribution < 1.29 is 14.3 Å². The molecule has 2 aromatic carbocycles. The predicted molar refractivity (Wildman–Crippen MR) is 108 cm³/mol. The van der Waals surface area contributed by atoms with Crippen molar-refractivity contribution in [3.05, 3.63) is 78.2 Å². The average molecular weight is 402 g/mol. The monoisotopic (exact) mass is 401 g/mol. The molecule has 0 atom stereocenters. The number of nitrogens with one attached hydrogen (secondary N) is 1. The van der Waals surface area contributed by atoms with Crippen molar-refractivity contribution >= 4 is 40.9 Å². The Labute approximate surface area is 164 Å². The highest BCUT2D eigenvalue weighted by Gasteiger charge is 2.05. The van der Waals surface area contributed by atoms with Crippen molar-refractivity contribution in [1.29, 1.82) is 0 Å². The maximum Gasteiger partial charge on any atom is 0.266 e. The summed E-state index contributed by atoms with van der Waals surface area (Å²) in [6, 6.07) is 12.0. The number of ketones is 1. The summed E-state index contributed by atoms with van der Waals surface area (Å²) in [5.41, 5.74) is 0.943. The largest absolute Gasteiger partial charge is 0.497 e. The molecule has 7 heteroatoms. The van der Waals surface area contributed by atoms with Crippen LogP contribution in [0, 0.1) is 0 Å². The number of methoxy groups -OCH3 is 2. The van der Waals surface area contributed by atoms with Gasteiger partial charge in [0.15, 0.2) is 5.78 Å². The van der Waals surface area contributed by atoms with Gasteiger partial charge < -0.3 is 14.5 Å². The molecule has 1 heterocycles. The molecule has 0 aliphatic heterocycles. The van der Waals surface area contributed by atoms with Crippen molar-refractivity contribution in [2.24, 2.45) is 0 Å². The minimum Gasteiger partial charge on any atom is -0.497 e. The van der Waals surface area contributed by atoms with Gasteiger partial charge in [0.2, 0.25) is 0 Å². The number of aromatic nitrogens is 1. The van der Waals surface area contributed by atoms with Crippen LogP contribution in [0.1, 0.15) is 15.9 Å². The van der Waals surface area contributed by atoms with Crippen molar-refractivity contribution in [2.75, 3.05) is 14.2 Å². The fourth-order valence-electron chi connectivity index (χ4n) is 2.43. The molecule has 0 bridgehead atoms. The standard InChI is InChI=1S/C20H16ClNO4S/c1-25-15-6-12(7-16(10-15)26-2)8-18-20(24)22-19(27-18)11-17(23)13-4-3-5-14(21)9-13/h3-11H,1-2H3,(H,22,24)/b18-8-,19-11-. The van der Waals surface area contributed by atoms with Crippen LogP contribution in [0.15, 0.2) is 47.3 Å². The summed E-state index contributed by atoms with van der Waals surface area (Å²) < 4.78 is 11.4. The Balaban J connectivity index is 2.01. The SMILES string of the molecule is COc1cc(/C=c2\s/c(=C\C(=O)c3cccc(Cl)c3)[nH]c2=O)cc(OC)c1. The number of Topliss-reactive ketones (excluding diaryl/α,β-unsaturated/α-hetero) is 1. The van der Waals surface area contributed by atoms with Crippen molar-refractivity contribution in [3.63, 3.8) is 0 Å². The Kier molecular flexibility index (Phi) is 5.78. The zero-order chi connectivity index (χ0) is 19.4. The average Bonchev–Trinajstić information content (AvgIpc) is 3.00. The van der Waals surface area contributed by atoms with Gasteiger partial charge in [0.25, 0.3) is 5.56 Å². The number of halogens is 1. The Hall–Kier alpha value is -2.83. The van der Waals surface area contributed by atoms with E-state index in [1.165, 1.54) is 17.4 Å². The lowest BCUT2D eigenvalue weighted by atomic mass is 10.1. The second-order valence-corrected chi connectivity index (χ2v) is 7.11. The first-order chi connectivity index (χ1) is 13.0. The number of hydrogen-bond acceptors (Lipinski definition) is 5. The van der Waals surface area contributed by atoms with E-state index < -0.39 is 0 Å². The van der Waals surface area contributed by atoms with E-state index in [-0.39, 0.29) is 11.3 Å². The fourth-order valence-corrected chi connectivity index (χ4v) is 3.51. The Bertz CT molecular complexity index is 1140. The number of H-pyrrole nitrogens is 1. The van der Waals surface area contributed by atoms with Crippen LogP contribution in [0.4, 0.5) is 0 Å². The van der Waals surface area contributed by atoms with E-state index in [1.807, 2.05) is 0 Å². The molecule has 1 aromatic heterocycles. The summed E-state index contributed by atoms with van der Waals surface area (Å²) >= 11 is 7.11. The third kappa shape index (κ3) is 4.67. The Morgan fingerprint density at radius 3 is 2.44 bits per heavy atom. The van der Waals surface area contributed by atoms with Gasteiger partial charge in [0.05, 0.1) is 23.4 Å². The molecule has 0 radical (unpaired) electrons. The van der Waals surface area contributed by atoms with Crippen LogP contribution in [0.5, 0.6) is 11.5 Å². The third-order valence-corrected chi connectivity index (χ3v) is 4.92. The summed E-state index contributed by atoms with van der Waals surface area (Å²) in [5, 5.41) is 0.481. The van der Waals surface area contributed by atoms with Gasteiger partial charge in [-0.05, 0) is 35.9 Å². The Morgan fingerprint density at radius 2 is 1.81 bits per heavy atom. The molecule has 27 heavy (non-hydrogen) atoms. The Morgan fingerprint density at radius 1 is 1.11 bits per heavy atom. The first-order valence-corrected chi connectivity index (χ1v) is 9.13. The number of carbonyl (C=O) groups is 1. The first-order valence-electron chi connectivity index (χ1n) is 7.94. The molecule has 0 saturated heterocycles. The van der Waals surface area contributed by atoms with Gasteiger partial charge in [-0.25, -0.2) is 0 Å². The topological polar surface area (TPSA) is 68.4 Å². The molecule has 0 fully saturated rings. The van der Waals surface area contributed by atoms with Crippen LogP contribution in [0.3, 0.4) is 0 Å². The van der Waals surface area contributed by atoms with Crippen LogP contribution >= 0.6 is 22.9 Å². The van der Waals surface area contributed by atoms with E-state index in [1.54, 1.807) is 62.8 Å². The van der Waals surface area contributed by atoms with Crippen molar-refractivity contribution in [3.8, 4) is 11.5 Å². The highest BCUT2D eigenvalue weighted by Crippen LogP contribution is 2.22. The molecule has 5 nitrogen and oxygen atoms in total. The summed E-state index contributed by atoms with van der Waals surface area (Å²) in [7, 11) is 3.12. The molecular formula is C20H16ClNO4S. The summed E-state index contributed by atoms with van der Waals surface area (Å²) in [4.78, 5) is 27.3. The fraction of sp³-hybridized carbons (Fsp3) is 0.100. The summed E-state index contributed by atoms with van der Waals surface area (Å²) in [6.45, 7) is 0. The molecule has 3 aromatic rings. The third-order valence-electron chi connectivity index (χ3n) is 3.72. The number of rotatable bonds is 5. The minimum absolute atomic E-state index is 0.232. The van der Waals surface area contributed by atoms with Gasteiger partial charge in [-0.3, -0.25) is 9.59 Å². The van der Waals surface area contributed by atoms with Gasteiger partial charge in [0, 0.05) is 22.7 Å². The summed E-state index contributed by atoms with van der Waals surface area (Å²) in [6.07, 6.45) is 3.11. The molecule has 0 aliphatic rings. The van der Waals surface area contributed by atoms with Gasteiger partial charge in [-0.1, -0.05) is 23.7 Å². The second-order valence-electron chi connectivity index (χ2n) is 5.59. The van der Waals surface area contributed by atoms with E-state index in [2.05, 4.69) is 4.98 Å². The number of benzene rings is 2. The predicted octanol–water partition coefficient (Wildman–Crippen LogP) is 2.60. The summed E-state index contributed by atoms with van der Waals surface area (Å²) in [5.74, 6) is 1.01. The molecule has 0 aliphatic carbocycles. The van der Waals surface area contributed by atoms with Gasteiger partial charge >= 0.3 is 0 Å². The normalized spacial score (nSPS) is 12.3. The molecule has 0 amide bonds. The highest BCUT2D eigenvalue weighted by molar-refractivity contribution is 7.07. The number of ether oxygens (including phenoxy) is 2. The lowest BCUT2D eigenvalue weighted by Crippen LogP contribution is -2.20. The van der Waals surface area contributed by atoms with Gasteiger partial charge in [-0.15, -0.1) is 11.3 Å². The van der Waals surface area contributed by atoms with Crippen LogP contribution in [-0.2, 0) is 0 Å². The van der Waals surface area contributed by atoms with Crippen LogP contribution in [0.25, 0.3) is 12.2 Å². The van der Waals surface area contributed by atoms with Gasteiger partial charge in [-0.2, -0.15) is 0 Å². The molecular weight excluding hydrogens is 386 g/mol. The molecule has 138 valence electrons. The lowest BCUT2D eigenvalue weighted by molar-refractivity contribution is 0.106. The number of hydrogen-bond donors (Lipinski definition) is 1. The lowest BCUT2D eigenvalue weighted by Gasteiger charge is -2.05. The molecule has 0 saturated carbocycles. The second kappa shape index (κ2) is 8.24. The van der Waals surface area contributed by atoms with Crippen molar-refractivity contribution in [1.82, 2.24) is 4.98 Å².